The Hall–Kier alpha value is -1.31. The van der Waals surface area contributed by atoms with Crippen LogP contribution in [0.5, 0.6) is 0 Å². The average Bonchev–Trinajstić information content (AvgIpc) is 2.95. The number of aromatic nitrogens is 2. The van der Waals surface area contributed by atoms with Crippen LogP contribution < -0.4 is 11.1 Å². The maximum atomic E-state index is 11.7. The zero-order chi connectivity index (χ0) is 13.0. The lowest BCUT2D eigenvalue weighted by Gasteiger charge is -2.00. The van der Waals surface area contributed by atoms with Crippen LogP contribution in [0.4, 0.5) is 0 Å². The van der Waals surface area contributed by atoms with Gasteiger partial charge >= 0.3 is 0 Å². The maximum absolute atomic E-state index is 11.7. The molecule has 1 amide bonds. The average molecular weight is 282 g/mol. The number of hydrogen-bond acceptors (Lipinski definition) is 6. The standard InChI is InChI=1S/C11H14N4OS2/c1-7-5-17-11(14-7)4-13-9(16)2-8-6-18-10(3-12)15-8/h5-6H,2-4,12H2,1H3,(H,13,16). The number of rotatable bonds is 5. The Morgan fingerprint density at radius 3 is 2.72 bits per heavy atom. The quantitative estimate of drug-likeness (QED) is 0.864. The minimum Gasteiger partial charge on any atom is -0.349 e. The minimum atomic E-state index is -0.0447. The third-order valence-corrected chi connectivity index (χ3v) is 4.11. The first-order chi connectivity index (χ1) is 8.67. The van der Waals surface area contributed by atoms with Crippen molar-refractivity contribution >= 4 is 28.6 Å². The molecule has 0 spiro atoms. The molecule has 18 heavy (non-hydrogen) atoms. The number of hydrogen-bond donors (Lipinski definition) is 2. The third-order valence-electron chi connectivity index (χ3n) is 2.22. The van der Waals surface area contributed by atoms with Gasteiger partial charge in [-0.05, 0) is 6.92 Å². The Labute approximate surface area is 113 Å². The van der Waals surface area contributed by atoms with E-state index < -0.39 is 0 Å². The Morgan fingerprint density at radius 2 is 2.11 bits per heavy atom. The number of carbonyl (C=O) groups excluding carboxylic acids is 1. The number of nitrogens with one attached hydrogen (secondary N) is 1. The van der Waals surface area contributed by atoms with E-state index in [1.54, 1.807) is 11.3 Å². The molecule has 0 fully saturated rings. The van der Waals surface area contributed by atoms with Crippen molar-refractivity contribution in [2.24, 2.45) is 5.73 Å². The van der Waals surface area contributed by atoms with E-state index in [-0.39, 0.29) is 5.91 Å². The van der Waals surface area contributed by atoms with Gasteiger partial charge in [-0.3, -0.25) is 4.79 Å². The zero-order valence-corrected chi connectivity index (χ0v) is 11.6. The van der Waals surface area contributed by atoms with Gasteiger partial charge in [0.15, 0.2) is 0 Å². The molecule has 0 bridgehead atoms. The first-order valence-electron chi connectivity index (χ1n) is 5.48. The number of carbonyl (C=O) groups is 1. The van der Waals surface area contributed by atoms with Gasteiger partial charge in [0.1, 0.15) is 10.0 Å². The summed E-state index contributed by atoms with van der Waals surface area (Å²) in [5, 5.41) is 8.44. The lowest BCUT2D eigenvalue weighted by Crippen LogP contribution is -2.24. The van der Waals surface area contributed by atoms with Gasteiger partial charge in [0.05, 0.1) is 18.7 Å². The summed E-state index contributed by atoms with van der Waals surface area (Å²) in [6.07, 6.45) is 0.293. The van der Waals surface area contributed by atoms with Crippen molar-refractivity contribution in [3.05, 3.63) is 32.2 Å². The largest absolute Gasteiger partial charge is 0.349 e. The van der Waals surface area contributed by atoms with Gasteiger partial charge in [0.2, 0.25) is 5.91 Å². The van der Waals surface area contributed by atoms with Gasteiger partial charge < -0.3 is 11.1 Å². The van der Waals surface area contributed by atoms with E-state index in [0.717, 1.165) is 21.4 Å². The van der Waals surface area contributed by atoms with Gasteiger partial charge in [-0.25, -0.2) is 9.97 Å². The third kappa shape index (κ3) is 3.59. The molecule has 3 N–H and O–H groups in total. The van der Waals surface area contributed by atoms with E-state index in [9.17, 15) is 4.79 Å². The van der Waals surface area contributed by atoms with Crippen LogP contribution in [0.3, 0.4) is 0 Å². The first-order valence-corrected chi connectivity index (χ1v) is 7.24. The van der Waals surface area contributed by atoms with Crippen LogP contribution in [0.15, 0.2) is 10.8 Å². The minimum absolute atomic E-state index is 0.0447. The van der Waals surface area contributed by atoms with Crippen molar-refractivity contribution in [3.63, 3.8) is 0 Å². The maximum Gasteiger partial charge on any atom is 0.226 e. The first kappa shape index (κ1) is 13.1. The van der Waals surface area contributed by atoms with Crippen molar-refractivity contribution in [1.29, 1.82) is 0 Å². The Kier molecular flexibility index (Phi) is 4.40. The van der Waals surface area contributed by atoms with Crippen molar-refractivity contribution in [1.82, 2.24) is 15.3 Å². The molecule has 0 aromatic carbocycles. The highest BCUT2D eigenvalue weighted by molar-refractivity contribution is 7.09. The molecular formula is C11H14N4OS2. The van der Waals surface area contributed by atoms with Crippen LogP contribution in [0.25, 0.3) is 0 Å². The fourth-order valence-electron chi connectivity index (χ4n) is 1.41. The van der Waals surface area contributed by atoms with Crippen LogP contribution in [-0.2, 0) is 24.3 Å². The zero-order valence-electron chi connectivity index (χ0n) is 9.97. The Morgan fingerprint density at radius 1 is 1.33 bits per heavy atom. The molecule has 0 aliphatic rings. The smallest absolute Gasteiger partial charge is 0.226 e. The summed E-state index contributed by atoms with van der Waals surface area (Å²) in [5.74, 6) is -0.0447. The van der Waals surface area contributed by atoms with E-state index in [1.165, 1.54) is 11.3 Å². The van der Waals surface area contributed by atoms with Crippen LogP contribution in [0.2, 0.25) is 0 Å². The second kappa shape index (κ2) is 6.03. The van der Waals surface area contributed by atoms with Crippen LogP contribution in [0, 0.1) is 6.92 Å². The number of nitrogens with zero attached hydrogens (tertiary/aromatic N) is 2. The van der Waals surface area contributed by atoms with Crippen LogP contribution in [0.1, 0.15) is 21.4 Å². The van der Waals surface area contributed by atoms with Gasteiger partial charge in [-0.1, -0.05) is 0 Å². The monoisotopic (exact) mass is 282 g/mol. The number of thiazole rings is 2. The lowest BCUT2D eigenvalue weighted by atomic mass is 10.3. The summed E-state index contributed by atoms with van der Waals surface area (Å²) in [5.41, 5.74) is 7.23. The van der Waals surface area contributed by atoms with Crippen molar-refractivity contribution in [2.75, 3.05) is 0 Å². The molecule has 0 unspecified atom stereocenters. The summed E-state index contributed by atoms with van der Waals surface area (Å²) >= 11 is 3.03. The highest BCUT2D eigenvalue weighted by Gasteiger charge is 2.07. The summed E-state index contributed by atoms with van der Waals surface area (Å²) in [4.78, 5) is 20.2. The summed E-state index contributed by atoms with van der Waals surface area (Å²) in [6, 6.07) is 0. The molecule has 5 nitrogen and oxygen atoms in total. The topological polar surface area (TPSA) is 80.9 Å². The molecule has 2 aromatic rings. The van der Waals surface area contributed by atoms with Gasteiger partial charge in [0.25, 0.3) is 0 Å². The summed E-state index contributed by atoms with van der Waals surface area (Å²) in [6.45, 7) is 2.83. The van der Waals surface area contributed by atoms with Crippen LogP contribution >= 0.6 is 22.7 Å². The summed E-state index contributed by atoms with van der Waals surface area (Å²) in [7, 11) is 0. The van der Waals surface area contributed by atoms with E-state index in [2.05, 4.69) is 15.3 Å². The highest BCUT2D eigenvalue weighted by atomic mass is 32.1. The molecule has 0 saturated heterocycles. The van der Waals surface area contributed by atoms with Gasteiger partial charge in [-0.15, -0.1) is 22.7 Å². The molecule has 2 rings (SSSR count). The molecule has 96 valence electrons. The van der Waals surface area contributed by atoms with Crippen molar-refractivity contribution in [3.8, 4) is 0 Å². The van der Waals surface area contributed by atoms with Gasteiger partial charge in [0, 0.05) is 23.0 Å². The SMILES string of the molecule is Cc1csc(CNC(=O)Cc2csc(CN)n2)n1. The predicted octanol–water partition coefficient (Wildman–Crippen LogP) is 1.23. The fourth-order valence-corrected chi connectivity index (χ4v) is 2.79. The second-order valence-electron chi connectivity index (χ2n) is 3.77. The van der Waals surface area contributed by atoms with E-state index >= 15 is 0 Å². The van der Waals surface area contributed by atoms with E-state index in [4.69, 9.17) is 5.73 Å². The van der Waals surface area contributed by atoms with Crippen molar-refractivity contribution in [2.45, 2.75) is 26.4 Å². The van der Waals surface area contributed by atoms with Crippen molar-refractivity contribution < 1.29 is 4.79 Å². The molecule has 2 aromatic heterocycles. The molecule has 7 heteroatoms. The normalized spacial score (nSPS) is 10.6. The van der Waals surface area contributed by atoms with Gasteiger partial charge in [-0.2, -0.15) is 0 Å². The van der Waals surface area contributed by atoms with E-state index in [1.807, 2.05) is 17.7 Å². The molecular weight excluding hydrogens is 268 g/mol. The summed E-state index contributed by atoms with van der Waals surface area (Å²) < 4.78 is 0. The number of amides is 1. The highest BCUT2D eigenvalue weighted by Crippen LogP contribution is 2.10. The lowest BCUT2D eigenvalue weighted by molar-refractivity contribution is -0.120. The molecule has 0 saturated carbocycles. The van der Waals surface area contributed by atoms with E-state index in [0.29, 0.717) is 19.5 Å². The van der Waals surface area contributed by atoms with Crippen LogP contribution in [-0.4, -0.2) is 15.9 Å². The second-order valence-corrected chi connectivity index (χ2v) is 5.66. The predicted molar refractivity (Wildman–Crippen MR) is 72.4 cm³/mol. The Bertz CT molecular complexity index is 535. The molecule has 0 aliphatic carbocycles. The number of aryl methyl sites for hydroxylation is 1. The molecule has 0 radical (unpaired) electrons. The number of nitrogens with two attached hydrogens (primary N) is 1. The molecule has 0 aliphatic heterocycles. The Balaban J connectivity index is 1.81. The fraction of sp³-hybridized carbons (Fsp3) is 0.364. The molecule has 2 heterocycles. The molecule has 0 atom stereocenters.